The third-order valence-corrected chi connectivity index (χ3v) is 9.39. The molecule has 6 heteroatoms. The Morgan fingerprint density at radius 2 is 0.833 bits per heavy atom. The second-order valence-corrected chi connectivity index (χ2v) is 12.3. The number of unbranched alkanes of at least 4 members (excludes halogenated alkanes) is 1. The van der Waals surface area contributed by atoms with E-state index >= 15 is 0 Å². The fourth-order valence-electron chi connectivity index (χ4n) is 5.43. The van der Waals surface area contributed by atoms with Crippen molar-refractivity contribution in [2.24, 2.45) is 0 Å². The summed E-state index contributed by atoms with van der Waals surface area (Å²) in [6.07, 6.45) is 2.23. The average molecular weight is 732 g/mol. The number of nitrogens with zero attached hydrogens (tertiary/aromatic N) is 2. The zero-order valence-corrected chi connectivity index (χ0v) is 25.9. The molecule has 0 radical (unpaired) electrons. The highest BCUT2D eigenvalue weighted by Gasteiger charge is 2.14. The lowest BCUT2D eigenvalue weighted by Crippen LogP contribution is -2.02. The SMILES string of the molecule is BrCc1ccc2c(c1)c1cc(Br)ccc1n2CCCCn1c2ccc(Br)cc2c2cc(CBr)ccc21. The molecule has 6 rings (SSSR count). The van der Waals surface area contributed by atoms with Crippen molar-refractivity contribution >= 4 is 107 Å². The number of benzene rings is 4. The molecule has 0 unspecified atom stereocenters. The average Bonchev–Trinajstić information content (AvgIpc) is 3.37. The van der Waals surface area contributed by atoms with Crippen LogP contribution >= 0.6 is 63.7 Å². The summed E-state index contributed by atoms with van der Waals surface area (Å²) in [5, 5.41) is 7.04. The Hall–Kier alpha value is -1.60. The van der Waals surface area contributed by atoms with Gasteiger partial charge >= 0.3 is 0 Å². The number of hydrogen-bond acceptors (Lipinski definition) is 0. The van der Waals surface area contributed by atoms with Crippen molar-refractivity contribution in [2.75, 3.05) is 0 Å². The highest BCUT2D eigenvalue weighted by molar-refractivity contribution is 9.10. The molecule has 0 atom stereocenters. The Kier molecular flexibility index (Phi) is 7.06. The second-order valence-electron chi connectivity index (χ2n) is 9.30. The van der Waals surface area contributed by atoms with Crippen LogP contribution in [0.3, 0.4) is 0 Å². The van der Waals surface area contributed by atoms with Crippen LogP contribution in [-0.4, -0.2) is 9.13 Å². The van der Waals surface area contributed by atoms with Crippen LogP contribution in [0.2, 0.25) is 0 Å². The second kappa shape index (κ2) is 10.3. The molecule has 4 aromatic carbocycles. The summed E-state index contributed by atoms with van der Waals surface area (Å²) < 4.78 is 7.25. The molecule has 0 aliphatic heterocycles. The predicted octanol–water partition coefficient (Wildman–Crippen LogP) is 10.7. The third-order valence-electron chi connectivity index (χ3n) is 7.10. The maximum atomic E-state index is 3.67. The van der Waals surface area contributed by atoms with Crippen LogP contribution in [0.4, 0.5) is 0 Å². The van der Waals surface area contributed by atoms with E-state index in [4.69, 9.17) is 0 Å². The summed E-state index contributed by atoms with van der Waals surface area (Å²) in [5.41, 5.74) is 7.87. The molecule has 2 aromatic heterocycles. The molecule has 2 nitrogen and oxygen atoms in total. The van der Waals surface area contributed by atoms with E-state index < -0.39 is 0 Å². The van der Waals surface area contributed by atoms with Gasteiger partial charge in [-0.25, -0.2) is 0 Å². The first-order chi connectivity index (χ1) is 17.6. The van der Waals surface area contributed by atoms with Gasteiger partial charge in [-0.2, -0.15) is 0 Å². The van der Waals surface area contributed by atoms with Crippen LogP contribution < -0.4 is 0 Å². The summed E-state index contributed by atoms with van der Waals surface area (Å²) in [5.74, 6) is 0. The van der Waals surface area contributed by atoms with E-state index in [2.05, 4.69) is 146 Å². The zero-order valence-electron chi connectivity index (χ0n) is 19.6. The van der Waals surface area contributed by atoms with Crippen molar-refractivity contribution in [1.82, 2.24) is 9.13 Å². The lowest BCUT2D eigenvalue weighted by molar-refractivity contribution is 0.583. The number of alkyl halides is 2. The van der Waals surface area contributed by atoms with Crippen LogP contribution in [-0.2, 0) is 23.7 Å². The first kappa shape index (κ1) is 24.7. The molecule has 0 saturated heterocycles. The normalized spacial score (nSPS) is 12.0. The van der Waals surface area contributed by atoms with Gasteiger partial charge < -0.3 is 9.13 Å². The molecule has 182 valence electrons. The van der Waals surface area contributed by atoms with Crippen LogP contribution in [0.15, 0.2) is 81.7 Å². The number of hydrogen-bond donors (Lipinski definition) is 0. The van der Waals surface area contributed by atoms with Gasteiger partial charge in [0.25, 0.3) is 0 Å². The minimum absolute atomic E-state index is 0.871. The summed E-state index contributed by atoms with van der Waals surface area (Å²) in [6.45, 7) is 2.01. The van der Waals surface area contributed by atoms with Gasteiger partial charge in [0, 0.05) is 76.3 Å². The van der Waals surface area contributed by atoms with Crippen LogP contribution in [0.5, 0.6) is 0 Å². The molecular weight excluding hydrogens is 708 g/mol. The van der Waals surface area contributed by atoms with Crippen LogP contribution in [0.25, 0.3) is 43.6 Å². The minimum atomic E-state index is 0.871. The molecule has 0 N–H and O–H groups in total. The molecule has 6 aromatic rings. The summed E-state index contributed by atoms with van der Waals surface area (Å²) in [4.78, 5) is 0. The van der Waals surface area contributed by atoms with Crippen molar-refractivity contribution in [3.05, 3.63) is 92.9 Å². The fraction of sp³-hybridized carbons (Fsp3) is 0.200. The van der Waals surface area contributed by atoms with Crippen molar-refractivity contribution in [2.45, 2.75) is 36.6 Å². The Labute approximate surface area is 244 Å². The Morgan fingerprint density at radius 3 is 1.22 bits per heavy atom. The van der Waals surface area contributed by atoms with Crippen molar-refractivity contribution in [3.8, 4) is 0 Å². The summed E-state index contributed by atoms with van der Waals surface area (Å²) in [6, 6.07) is 27.0. The molecule has 0 spiro atoms. The maximum Gasteiger partial charge on any atom is 0.0492 e. The Morgan fingerprint density at radius 1 is 0.472 bits per heavy atom. The van der Waals surface area contributed by atoms with Crippen molar-refractivity contribution in [3.63, 3.8) is 0 Å². The quantitative estimate of drug-likeness (QED) is 0.114. The number of aromatic nitrogens is 2. The van der Waals surface area contributed by atoms with E-state index in [0.717, 1.165) is 45.5 Å². The topological polar surface area (TPSA) is 9.86 Å². The molecule has 0 aliphatic carbocycles. The Bertz CT molecular complexity index is 1620. The third kappa shape index (κ3) is 4.38. The predicted molar refractivity (Wildman–Crippen MR) is 169 cm³/mol. The summed E-state index contributed by atoms with van der Waals surface area (Å²) >= 11 is 14.6. The monoisotopic (exact) mass is 728 g/mol. The largest absolute Gasteiger partial charge is 0.340 e. The van der Waals surface area contributed by atoms with Gasteiger partial charge in [-0.15, -0.1) is 0 Å². The smallest absolute Gasteiger partial charge is 0.0492 e. The van der Waals surface area contributed by atoms with E-state index in [9.17, 15) is 0 Å². The van der Waals surface area contributed by atoms with Gasteiger partial charge in [0.05, 0.1) is 0 Å². The lowest BCUT2D eigenvalue weighted by atomic mass is 10.1. The summed E-state index contributed by atoms with van der Waals surface area (Å²) in [7, 11) is 0. The minimum Gasteiger partial charge on any atom is -0.340 e. The standard InChI is InChI=1S/C30H24Br4N2/c31-17-19-3-7-27-23(13-19)25-15-21(33)5-9-29(25)35(27)11-1-2-12-36-28-8-4-20(18-32)14-24(28)26-16-22(34)6-10-30(26)36/h3-10,13-16H,1-2,11-12,17-18H2. The highest BCUT2D eigenvalue weighted by atomic mass is 79.9. The highest BCUT2D eigenvalue weighted by Crippen LogP contribution is 2.34. The molecule has 0 saturated carbocycles. The lowest BCUT2D eigenvalue weighted by Gasteiger charge is -2.10. The van der Waals surface area contributed by atoms with E-state index in [1.807, 2.05) is 0 Å². The first-order valence-corrected chi connectivity index (χ1v) is 15.9. The molecule has 0 amide bonds. The molecule has 0 aliphatic rings. The number of halogens is 4. The molecule has 0 fully saturated rings. The number of rotatable bonds is 7. The van der Waals surface area contributed by atoms with Crippen LogP contribution in [0, 0.1) is 0 Å². The number of aryl methyl sites for hydroxylation is 2. The van der Waals surface area contributed by atoms with Gasteiger partial charge in [-0.3, -0.25) is 0 Å². The number of fused-ring (bicyclic) bond motifs is 6. The van der Waals surface area contributed by atoms with Gasteiger partial charge in [0.1, 0.15) is 0 Å². The van der Waals surface area contributed by atoms with E-state index in [1.165, 1.54) is 54.7 Å². The van der Waals surface area contributed by atoms with Gasteiger partial charge in [0.2, 0.25) is 0 Å². The molecule has 2 heterocycles. The van der Waals surface area contributed by atoms with Crippen molar-refractivity contribution in [1.29, 1.82) is 0 Å². The van der Waals surface area contributed by atoms with Crippen LogP contribution in [0.1, 0.15) is 24.0 Å². The van der Waals surface area contributed by atoms with Gasteiger partial charge in [-0.05, 0) is 84.6 Å². The van der Waals surface area contributed by atoms with Crippen molar-refractivity contribution < 1.29 is 0 Å². The zero-order chi connectivity index (χ0) is 24.8. The molecular formula is C30H24Br4N2. The first-order valence-electron chi connectivity index (χ1n) is 12.1. The fourth-order valence-corrected chi connectivity index (χ4v) is 6.85. The Balaban J connectivity index is 1.31. The van der Waals surface area contributed by atoms with E-state index in [0.29, 0.717) is 0 Å². The van der Waals surface area contributed by atoms with Gasteiger partial charge in [0.15, 0.2) is 0 Å². The maximum absolute atomic E-state index is 3.67. The van der Waals surface area contributed by atoms with E-state index in [1.54, 1.807) is 0 Å². The molecule has 36 heavy (non-hydrogen) atoms. The molecule has 0 bridgehead atoms. The van der Waals surface area contributed by atoms with Gasteiger partial charge in [-0.1, -0.05) is 75.9 Å². The van der Waals surface area contributed by atoms with E-state index in [-0.39, 0.29) is 0 Å².